The summed E-state index contributed by atoms with van der Waals surface area (Å²) >= 11 is 1.20. The van der Waals surface area contributed by atoms with Gasteiger partial charge in [-0.25, -0.2) is 9.59 Å². The van der Waals surface area contributed by atoms with Crippen molar-refractivity contribution in [3.63, 3.8) is 0 Å². The molecule has 0 aromatic carbocycles. The van der Waals surface area contributed by atoms with E-state index in [1.807, 2.05) is 27.7 Å². The number of ether oxygens (including phenoxy) is 1. The Morgan fingerprint density at radius 1 is 1.29 bits per heavy atom. The lowest BCUT2D eigenvalue weighted by atomic mass is 9.99. The van der Waals surface area contributed by atoms with Crippen molar-refractivity contribution in [2.75, 3.05) is 18.4 Å². The predicted molar refractivity (Wildman–Crippen MR) is 81.1 cm³/mol. The summed E-state index contributed by atoms with van der Waals surface area (Å²) < 4.78 is 5.93. The highest BCUT2D eigenvalue weighted by atomic mass is 32.1. The van der Waals surface area contributed by atoms with Gasteiger partial charge in [-0.05, 0) is 39.1 Å². The number of carboxylic acids is 1. The molecule has 1 fully saturated rings. The lowest BCUT2D eigenvalue weighted by Gasteiger charge is -2.46. The van der Waals surface area contributed by atoms with E-state index in [0.29, 0.717) is 18.1 Å². The van der Waals surface area contributed by atoms with Crippen LogP contribution in [0.1, 0.15) is 38.1 Å². The Hall–Kier alpha value is -1.60. The number of morpholine rings is 1. The van der Waals surface area contributed by atoms with E-state index in [9.17, 15) is 9.59 Å². The number of rotatable bonds is 2. The van der Waals surface area contributed by atoms with E-state index in [-0.39, 0.29) is 11.6 Å². The zero-order chi connectivity index (χ0) is 15.8. The number of hydrogen-bond donors (Lipinski definition) is 2. The Balaban J connectivity index is 2.13. The molecular formula is C14H20N2O4S. The van der Waals surface area contributed by atoms with Crippen molar-refractivity contribution in [3.05, 3.63) is 17.0 Å². The van der Waals surface area contributed by atoms with E-state index in [2.05, 4.69) is 5.32 Å². The SMILES string of the molecule is CC1(C)CN(C(=O)Nc2sccc2C(=O)O)CC(C)(C)O1. The number of carboxylic acid groups (broad SMARTS) is 1. The van der Waals surface area contributed by atoms with Crippen LogP contribution in [0.3, 0.4) is 0 Å². The molecule has 1 aromatic rings. The van der Waals surface area contributed by atoms with Crippen LogP contribution in [0.4, 0.5) is 9.80 Å². The van der Waals surface area contributed by atoms with Gasteiger partial charge in [0.15, 0.2) is 0 Å². The molecule has 0 spiro atoms. The summed E-state index contributed by atoms with van der Waals surface area (Å²) in [5, 5.41) is 13.8. The molecule has 0 bridgehead atoms. The number of carbonyl (C=O) groups is 2. The fourth-order valence-corrected chi connectivity index (χ4v) is 3.45. The zero-order valence-corrected chi connectivity index (χ0v) is 13.4. The summed E-state index contributed by atoms with van der Waals surface area (Å²) in [6, 6.07) is 1.18. The Morgan fingerprint density at radius 2 is 1.86 bits per heavy atom. The summed E-state index contributed by atoms with van der Waals surface area (Å²) in [5.74, 6) is -1.05. The summed E-state index contributed by atoms with van der Waals surface area (Å²) in [4.78, 5) is 25.1. The maximum absolute atomic E-state index is 12.4. The Morgan fingerprint density at radius 3 is 2.38 bits per heavy atom. The molecule has 1 aliphatic heterocycles. The number of hydrogen-bond acceptors (Lipinski definition) is 4. The van der Waals surface area contributed by atoms with E-state index in [1.54, 1.807) is 10.3 Å². The average molecular weight is 312 g/mol. The fraction of sp³-hybridized carbons (Fsp3) is 0.571. The minimum Gasteiger partial charge on any atom is -0.478 e. The summed E-state index contributed by atoms with van der Waals surface area (Å²) in [6.07, 6.45) is 0. The number of aromatic carboxylic acids is 1. The van der Waals surface area contributed by atoms with Crippen LogP contribution in [0.15, 0.2) is 11.4 Å². The van der Waals surface area contributed by atoms with Gasteiger partial charge in [0.1, 0.15) is 5.00 Å². The highest BCUT2D eigenvalue weighted by Crippen LogP contribution is 2.29. The molecular weight excluding hydrogens is 292 g/mol. The number of urea groups is 1. The van der Waals surface area contributed by atoms with Crippen molar-refractivity contribution in [1.29, 1.82) is 0 Å². The molecule has 116 valence electrons. The Kier molecular flexibility index (Phi) is 3.99. The third kappa shape index (κ3) is 3.74. The number of amides is 2. The second kappa shape index (κ2) is 5.31. The largest absolute Gasteiger partial charge is 0.478 e. The van der Waals surface area contributed by atoms with Crippen LogP contribution < -0.4 is 5.32 Å². The highest BCUT2D eigenvalue weighted by molar-refractivity contribution is 7.14. The Bertz CT molecular complexity index is 549. The molecule has 0 aliphatic carbocycles. The van der Waals surface area contributed by atoms with Gasteiger partial charge in [-0.3, -0.25) is 5.32 Å². The number of anilines is 1. The maximum atomic E-state index is 12.4. The fourth-order valence-electron chi connectivity index (χ4n) is 2.68. The smallest absolute Gasteiger partial charge is 0.338 e. The number of thiophene rings is 1. The lowest BCUT2D eigenvalue weighted by molar-refractivity contribution is -0.169. The molecule has 7 heteroatoms. The second-order valence-corrected chi connectivity index (χ2v) is 7.29. The van der Waals surface area contributed by atoms with Gasteiger partial charge >= 0.3 is 12.0 Å². The average Bonchev–Trinajstić information content (AvgIpc) is 2.72. The molecule has 2 heterocycles. The van der Waals surface area contributed by atoms with E-state index >= 15 is 0 Å². The second-order valence-electron chi connectivity index (χ2n) is 6.38. The van der Waals surface area contributed by atoms with Crippen molar-refractivity contribution in [2.45, 2.75) is 38.9 Å². The number of nitrogens with zero attached hydrogens (tertiary/aromatic N) is 1. The minimum atomic E-state index is -1.05. The first-order chi connectivity index (χ1) is 9.60. The van der Waals surface area contributed by atoms with E-state index < -0.39 is 17.2 Å². The first-order valence-electron chi connectivity index (χ1n) is 6.67. The third-order valence-electron chi connectivity index (χ3n) is 3.10. The van der Waals surface area contributed by atoms with Gasteiger partial charge in [0.05, 0.1) is 29.9 Å². The van der Waals surface area contributed by atoms with Crippen molar-refractivity contribution in [2.24, 2.45) is 0 Å². The van der Waals surface area contributed by atoms with Crippen LogP contribution in [0.2, 0.25) is 0 Å². The van der Waals surface area contributed by atoms with E-state index in [1.165, 1.54) is 17.4 Å². The zero-order valence-electron chi connectivity index (χ0n) is 12.6. The number of nitrogens with one attached hydrogen (secondary N) is 1. The van der Waals surface area contributed by atoms with Crippen molar-refractivity contribution >= 4 is 28.3 Å². The van der Waals surface area contributed by atoms with Gasteiger partial charge in [0.25, 0.3) is 0 Å². The topological polar surface area (TPSA) is 78.9 Å². The highest BCUT2D eigenvalue weighted by Gasteiger charge is 2.40. The Labute approximate surface area is 127 Å². The van der Waals surface area contributed by atoms with E-state index in [4.69, 9.17) is 9.84 Å². The van der Waals surface area contributed by atoms with Crippen LogP contribution in [0, 0.1) is 0 Å². The summed E-state index contributed by atoms with van der Waals surface area (Å²) in [6.45, 7) is 8.64. The van der Waals surface area contributed by atoms with Gasteiger partial charge in [0, 0.05) is 0 Å². The van der Waals surface area contributed by atoms with Crippen molar-refractivity contribution in [1.82, 2.24) is 4.90 Å². The molecule has 0 saturated carbocycles. The molecule has 1 saturated heterocycles. The van der Waals surface area contributed by atoms with Crippen LogP contribution in [-0.2, 0) is 4.74 Å². The molecule has 0 atom stereocenters. The number of carbonyl (C=O) groups excluding carboxylic acids is 1. The van der Waals surface area contributed by atoms with Crippen molar-refractivity contribution in [3.8, 4) is 0 Å². The molecule has 2 N–H and O–H groups in total. The predicted octanol–water partition coefficient (Wildman–Crippen LogP) is 2.87. The van der Waals surface area contributed by atoms with Gasteiger partial charge in [-0.1, -0.05) is 0 Å². The van der Waals surface area contributed by atoms with Crippen molar-refractivity contribution < 1.29 is 19.4 Å². The lowest BCUT2D eigenvalue weighted by Crippen LogP contribution is -2.59. The summed E-state index contributed by atoms with van der Waals surface area (Å²) in [7, 11) is 0. The molecule has 1 aromatic heterocycles. The maximum Gasteiger partial charge on any atom is 0.338 e. The molecule has 2 amide bonds. The third-order valence-corrected chi connectivity index (χ3v) is 3.93. The monoisotopic (exact) mass is 312 g/mol. The molecule has 2 rings (SSSR count). The van der Waals surface area contributed by atoms with Gasteiger partial charge in [-0.15, -0.1) is 11.3 Å². The van der Waals surface area contributed by atoms with Crippen LogP contribution in [0.5, 0.6) is 0 Å². The minimum absolute atomic E-state index is 0.111. The first-order valence-corrected chi connectivity index (χ1v) is 7.54. The molecule has 21 heavy (non-hydrogen) atoms. The van der Waals surface area contributed by atoms with Gasteiger partial charge in [-0.2, -0.15) is 0 Å². The quantitative estimate of drug-likeness (QED) is 0.880. The van der Waals surface area contributed by atoms with Gasteiger partial charge in [0.2, 0.25) is 0 Å². The first kappa shape index (κ1) is 15.8. The van der Waals surface area contributed by atoms with Crippen LogP contribution in [-0.4, -0.2) is 46.3 Å². The van der Waals surface area contributed by atoms with E-state index in [0.717, 1.165) is 0 Å². The standard InChI is InChI=1S/C14H20N2O4S/c1-13(2)7-16(8-14(3,4)20-13)12(19)15-10-9(11(17)18)5-6-21-10/h5-6H,7-8H2,1-4H3,(H,15,19)(H,17,18). The van der Waals surface area contributed by atoms with Gasteiger partial charge < -0.3 is 14.7 Å². The normalized spacial score (nSPS) is 20.1. The molecule has 1 aliphatic rings. The van der Waals surface area contributed by atoms with Crippen LogP contribution in [0.25, 0.3) is 0 Å². The molecule has 6 nitrogen and oxygen atoms in total. The summed E-state index contributed by atoms with van der Waals surface area (Å²) in [5.41, 5.74) is -0.769. The van der Waals surface area contributed by atoms with Crippen LogP contribution >= 0.6 is 11.3 Å². The molecule has 0 unspecified atom stereocenters. The molecule has 0 radical (unpaired) electrons.